The van der Waals surface area contributed by atoms with Gasteiger partial charge in [0.2, 0.25) is 0 Å². The summed E-state index contributed by atoms with van der Waals surface area (Å²) in [7, 11) is 0. The van der Waals surface area contributed by atoms with E-state index in [0.717, 1.165) is 44.6 Å². The molecule has 0 aromatic carbocycles. The van der Waals surface area contributed by atoms with E-state index in [9.17, 15) is 0 Å². The van der Waals surface area contributed by atoms with Crippen LogP contribution < -0.4 is 0 Å². The van der Waals surface area contributed by atoms with Crippen LogP contribution in [0.2, 0.25) is 0 Å². The molecule has 3 heteroatoms. The summed E-state index contributed by atoms with van der Waals surface area (Å²) in [5.74, 6) is 0.446. The Balaban J connectivity index is 4.10. The van der Waals surface area contributed by atoms with Crippen LogP contribution in [-0.4, -0.2) is 24.8 Å². The predicted molar refractivity (Wildman–Crippen MR) is 96.3 cm³/mol. The van der Waals surface area contributed by atoms with Gasteiger partial charge in [-0.1, -0.05) is 59.3 Å². The number of rotatable bonds is 16. The van der Waals surface area contributed by atoms with Crippen molar-refractivity contribution in [1.82, 2.24) is 0 Å². The van der Waals surface area contributed by atoms with Crippen LogP contribution in [0.4, 0.5) is 0 Å². The van der Waals surface area contributed by atoms with E-state index in [4.69, 9.17) is 9.47 Å². The smallest absolute Gasteiger partial charge is 0.169 e. The van der Waals surface area contributed by atoms with Gasteiger partial charge in [0.15, 0.2) is 5.79 Å². The molecule has 0 aromatic rings. The minimum atomic E-state index is -0.378. The van der Waals surface area contributed by atoms with Crippen LogP contribution in [-0.2, 0) is 9.47 Å². The fraction of sp³-hybridized carbons (Fsp3) is 1.00. The van der Waals surface area contributed by atoms with E-state index in [1.165, 1.54) is 44.9 Å². The van der Waals surface area contributed by atoms with Crippen molar-refractivity contribution in [3.63, 3.8) is 0 Å². The van der Waals surface area contributed by atoms with E-state index in [1.54, 1.807) is 0 Å². The Labute approximate surface area is 138 Å². The molecule has 0 spiro atoms. The SMILES string of the molecule is CCCCCCCCCC(CCS)(OCCC)OCCC. The monoisotopic (exact) mass is 318 g/mol. The standard InChI is InChI=1S/C18H38O2S/c1-4-7-8-9-10-11-12-13-18(14-17-21,19-15-5-2)20-16-6-3/h21H,4-17H2,1-3H3. The first kappa shape index (κ1) is 21.3. The van der Waals surface area contributed by atoms with Crippen LogP contribution in [0.1, 0.15) is 91.4 Å². The minimum Gasteiger partial charge on any atom is -0.350 e. The van der Waals surface area contributed by atoms with Crippen molar-refractivity contribution in [2.75, 3.05) is 19.0 Å². The molecule has 0 N–H and O–H groups in total. The van der Waals surface area contributed by atoms with Gasteiger partial charge in [0, 0.05) is 26.1 Å². The minimum absolute atomic E-state index is 0.378. The summed E-state index contributed by atoms with van der Waals surface area (Å²) in [6.45, 7) is 8.14. The maximum absolute atomic E-state index is 6.10. The van der Waals surface area contributed by atoms with E-state index < -0.39 is 0 Å². The second kappa shape index (κ2) is 15.2. The van der Waals surface area contributed by atoms with Crippen molar-refractivity contribution in [2.24, 2.45) is 0 Å². The summed E-state index contributed by atoms with van der Waals surface area (Å²) in [5, 5.41) is 0. The Morgan fingerprint density at radius 1 is 0.667 bits per heavy atom. The number of ether oxygens (including phenoxy) is 2. The van der Waals surface area contributed by atoms with E-state index in [0.29, 0.717) is 0 Å². The van der Waals surface area contributed by atoms with Crippen LogP contribution in [0.25, 0.3) is 0 Å². The maximum atomic E-state index is 6.10. The molecule has 0 fully saturated rings. The highest BCUT2D eigenvalue weighted by atomic mass is 32.1. The third-order valence-corrected chi connectivity index (χ3v) is 4.02. The lowest BCUT2D eigenvalue weighted by Crippen LogP contribution is -2.37. The Morgan fingerprint density at radius 2 is 1.19 bits per heavy atom. The molecule has 0 heterocycles. The second-order valence-corrected chi connectivity index (χ2v) is 6.40. The highest BCUT2D eigenvalue weighted by molar-refractivity contribution is 7.80. The summed E-state index contributed by atoms with van der Waals surface area (Å²) >= 11 is 4.40. The molecule has 0 unspecified atom stereocenters. The van der Waals surface area contributed by atoms with Crippen molar-refractivity contribution in [3.05, 3.63) is 0 Å². The molecule has 2 nitrogen and oxygen atoms in total. The molecule has 0 saturated carbocycles. The number of hydrogen-bond donors (Lipinski definition) is 1. The van der Waals surface area contributed by atoms with Crippen molar-refractivity contribution in [2.45, 2.75) is 97.2 Å². The molecule has 0 aliphatic rings. The molecule has 21 heavy (non-hydrogen) atoms. The van der Waals surface area contributed by atoms with Crippen LogP contribution >= 0.6 is 12.6 Å². The quantitative estimate of drug-likeness (QED) is 0.214. The van der Waals surface area contributed by atoms with Crippen LogP contribution in [0.3, 0.4) is 0 Å². The van der Waals surface area contributed by atoms with Gasteiger partial charge in [0.25, 0.3) is 0 Å². The third kappa shape index (κ3) is 11.5. The molecule has 0 amide bonds. The molecule has 0 saturated heterocycles. The fourth-order valence-corrected chi connectivity index (χ4v) is 2.89. The number of hydrogen-bond acceptors (Lipinski definition) is 3. The lowest BCUT2D eigenvalue weighted by molar-refractivity contribution is -0.242. The summed E-state index contributed by atoms with van der Waals surface area (Å²) < 4.78 is 12.2. The summed E-state index contributed by atoms with van der Waals surface area (Å²) in [5.41, 5.74) is 0. The van der Waals surface area contributed by atoms with Crippen molar-refractivity contribution in [3.8, 4) is 0 Å². The maximum Gasteiger partial charge on any atom is 0.169 e. The van der Waals surface area contributed by atoms with E-state index in [1.807, 2.05) is 0 Å². The fourth-order valence-electron chi connectivity index (χ4n) is 2.55. The lowest BCUT2D eigenvalue weighted by Gasteiger charge is -2.34. The van der Waals surface area contributed by atoms with Gasteiger partial charge < -0.3 is 9.47 Å². The average molecular weight is 319 g/mol. The zero-order valence-electron chi connectivity index (χ0n) is 14.7. The van der Waals surface area contributed by atoms with Gasteiger partial charge in [-0.15, -0.1) is 0 Å². The first-order valence-corrected chi connectivity index (χ1v) is 9.76. The molecular weight excluding hydrogens is 280 g/mol. The van der Waals surface area contributed by atoms with Crippen LogP contribution in [0.5, 0.6) is 0 Å². The summed E-state index contributed by atoms with van der Waals surface area (Å²) in [6.07, 6.45) is 13.3. The van der Waals surface area contributed by atoms with Crippen molar-refractivity contribution < 1.29 is 9.47 Å². The molecule has 0 bridgehead atoms. The summed E-state index contributed by atoms with van der Waals surface area (Å²) in [4.78, 5) is 0. The lowest BCUT2D eigenvalue weighted by atomic mass is 10.0. The van der Waals surface area contributed by atoms with E-state index in [2.05, 4.69) is 33.4 Å². The Bertz CT molecular complexity index is 201. The predicted octanol–water partition coefficient (Wildman–Crippen LogP) is 6.00. The highest BCUT2D eigenvalue weighted by Gasteiger charge is 2.30. The Hall–Kier alpha value is 0.270. The molecule has 0 aliphatic carbocycles. The first-order valence-electron chi connectivity index (χ1n) is 9.13. The molecular formula is C18H38O2S. The van der Waals surface area contributed by atoms with Gasteiger partial charge in [-0.2, -0.15) is 12.6 Å². The topological polar surface area (TPSA) is 18.5 Å². The Morgan fingerprint density at radius 3 is 1.67 bits per heavy atom. The normalized spacial score (nSPS) is 12.0. The molecule has 0 rings (SSSR count). The number of thiol groups is 1. The summed E-state index contributed by atoms with van der Waals surface area (Å²) in [6, 6.07) is 0. The first-order chi connectivity index (χ1) is 10.2. The van der Waals surface area contributed by atoms with Gasteiger partial charge >= 0.3 is 0 Å². The molecule has 0 atom stereocenters. The van der Waals surface area contributed by atoms with Crippen molar-refractivity contribution in [1.29, 1.82) is 0 Å². The highest BCUT2D eigenvalue weighted by Crippen LogP contribution is 2.27. The van der Waals surface area contributed by atoms with Gasteiger partial charge in [-0.05, 0) is 25.0 Å². The molecule has 0 aliphatic heterocycles. The van der Waals surface area contributed by atoms with Crippen LogP contribution in [0.15, 0.2) is 0 Å². The largest absolute Gasteiger partial charge is 0.350 e. The van der Waals surface area contributed by atoms with Gasteiger partial charge in [-0.25, -0.2) is 0 Å². The van der Waals surface area contributed by atoms with Crippen molar-refractivity contribution >= 4 is 12.6 Å². The molecule has 128 valence electrons. The molecule has 0 radical (unpaired) electrons. The average Bonchev–Trinajstić information content (AvgIpc) is 2.50. The second-order valence-electron chi connectivity index (χ2n) is 5.95. The van der Waals surface area contributed by atoms with Gasteiger partial charge in [-0.3, -0.25) is 0 Å². The Kier molecular flexibility index (Phi) is 15.4. The molecule has 0 aromatic heterocycles. The number of unbranched alkanes of at least 4 members (excludes halogenated alkanes) is 6. The third-order valence-electron chi connectivity index (χ3n) is 3.79. The van der Waals surface area contributed by atoms with Gasteiger partial charge in [0.1, 0.15) is 0 Å². The van der Waals surface area contributed by atoms with E-state index >= 15 is 0 Å². The van der Waals surface area contributed by atoms with Gasteiger partial charge in [0.05, 0.1) is 0 Å². The van der Waals surface area contributed by atoms with Crippen LogP contribution in [0, 0.1) is 0 Å². The van der Waals surface area contributed by atoms with E-state index in [-0.39, 0.29) is 5.79 Å². The zero-order chi connectivity index (χ0) is 15.8. The zero-order valence-corrected chi connectivity index (χ0v) is 15.6.